The van der Waals surface area contributed by atoms with Crippen molar-refractivity contribution in [1.82, 2.24) is 15.1 Å². The van der Waals surface area contributed by atoms with Gasteiger partial charge in [-0.05, 0) is 13.0 Å². The minimum atomic E-state index is -0.0147. The number of aryl methyl sites for hydroxylation is 1. The molecule has 0 unspecified atom stereocenters. The molecule has 0 spiro atoms. The van der Waals surface area contributed by atoms with E-state index in [0.29, 0.717) is 32.0 Å². The Bertz CT molecular complexity index is 598. The van der Waals surface area contributed by atoms with Gasteiger partial charge in [0.05, 0.1) is 18.9 Å². The van der Waals surface area contributed by atoms with E-state index >= 15 is 0 Å². The van der Waals surface area contributed by atoms with Crippen LogP contribution < -0.4 is 0 Å². The van der Waals surface area contributed by atoms with E-state index in [0.717, 1.165) is 11.3 Å². The summed E-state index contributed by atoms with van der Waals surface area (Å²) in [6.07, 6.45) is 0. The summed E-state index contributed by atoms with van der Waals surface area (Å²) >= 11 is 0. The summed E-state index contributed by atoms with van der Waals surface area (Å²) in [4.78, 5) is 14.1. The second kappa shape index (κ2) is 5.46. The first-order valence-corrected chi connectivity index (χ1v) is 6.73. The highest BCUT2D eigenvalue weighted by molar-refractivity contribution is 5.93. The van der Waals surface area contributed by atoms with E-state index in [1.807, 2.05) is 37.3 Å². The molecule has 0 bridgehead atoms. The van der Waals surface area contributed by atoms with E-state index < -0.39 is 0 Å². The summed E-state index contributed by atoms with van der Waals surface area (Å²) in [6.45, 7) is 4.52. The summed E-state index contributed by atoms with van der Waals surface area (Å²) in [7, 11) is 0. The SMILES string of the molecule is Cc1ccc(-c2cc(C(=O)N3CCOCC3)[nH]n2)cc1. The summed E-state index contributed by atoms with van der Waals surface area (Å²) in [5.74, 6) is -0.0147. The standard InChI is InChI=1S/C15H17N3O2/c1-11-2-4-12(5-3-11)13-10-14(17-16-13)15(19)18-6-8-20-9-7-18/h2-5,10H,6-9H2,1H3,(H,16,17). The van der Waals surface area contributed by atoms with Crippen LogP contribution in [0, 0.1) is 6.92 Å². The number of nitrogens with one attached hydrogen (secondary N) is 1. The zero-order valence-corrected chi connectivity index (χ0v) is 11.4. The number of ether oxygens (including phenoxy) is 1. The Kier molecular flexibility index (Phi) is 3.52. The number of aromatic amines is 1. The van der Waals surface area contributed by atoms with Gasteiger partial charge in [0, 0.05) is 18.7 Å². The van der Waals surface area contributed by atoms with Gasteiger partial charge in [0.2, 0.25) is 0 Å². The van der Waals surface area contributed by atoms with Crippen molar-refractivity contribution in [1.29, 1.82) is 0 Å². The Balaban J connectivity index is 1.79. The van der Waals surface area contributed by atoms with Crippen LogP contribution in [-0.2, 0) is 4.74 Å². The Hall–Kier alpha value is -2.14. The molecule has 0 aliphatic carbocycles. The second-order valence-corrected chi connectivity index (χ2v) is 4.94. The van der Waals surface area contributed by atoms with Gasteiger partial charge in [-0.3, -0.25) is 9.89 Å². The minimum Gasteiger partial charge on any atom is -0.378 e. The van der Waals surface area contributed by atoms with Crippen LogP contribution in [0.1, 0.15) is 16.1 Å². The predicted octanol–water partition coefficient (Wildman–Crippen LogP) is 1.86. The number of aromatic nitrogens is 2. The lowest BCUT2D eigenvalue weighted by atomic mass is 10.1. The quantitative estimate of drug-likeness (QED) is 0.907. The van der Waals surface area contributed by atoms with Crippen molar-refractivity contribution in [3.8, 4) is 11.3 Å². The Morgan fingerprint density at radius 1 is 1.25 bits per heavy atom. The molecule has 1 fully saturated rings. The topological polar surface area (TPSA) is 58.2 Å². The van der Waals surface area contributed by atoms with Gasteiger partial charge in [-0.1, -0.05) is 29.8 Å². The fourth-order valence-corrected chi connectivity index (χ4v) is 2.24. The van der Waals surface area contributed by atoms with Crippen LogP contribution >= 0.6 is 0 Å². The lowest BCUT2D eigenvalue weighted by molar-refractivity contribution is 0.0299. The number of hydrogen-bond acceptors (Lipinski definition) is 3. The number of amides is 1. The normalized spacial score (nSPS) is 15.3. The van der Waals surface area contributed by atoms with Crippen LogP contribution in [0.5, 0.6) is 0 Å². The molecule has 2 heterocycles. The maximum Gasteiger partial charge on any atom is 0.272 e. The highest BCUT2D eigenvalue weighted by Crippen LogP contribution is 2.19. The fourth-order valence-electron chi connectivity index (χ4n) is 2.24. The molecule has 0 radical (unpaired) electrons. The van der Waals surface area contributed by atoms with E-state index in [1.54, 1.807) is 4.90 Å². The van der Waals surface area contributed by atoms with Crippen LogP contribution in [0.4, 0.5) is 0 Å². The van der Waals surface area contributed by atoms with Crippen molar-refractivity contribution in [3.63, 3.8) is 0 Å². The predicted molar refractivity (Wildman–Crippen MR) is 75.5 cm³/mol. The number of carbonyl (C=O) groups excluding carboxylic acids is 1. The molecule has 1 aliphatic rings. The molecule has 5 nitrogen and oxygen atoms in total. The highest BCUT2D eigenvalue weighted by Gasteiger charge is 2.20. The molecule has 1 saturated heterocycles. The van der Waals surface area contributed by atoms with Crippen molar-refractivity contribution in [3.05, 3.63) is 41.6 Å². The third-order valence-corrected chi connectivity index (χ3v) is 3.45. The molecule has 1 amide bonds. The molecule has 104 valence electrons. The fraction of sp³-hybridized carbons (Fsp3) is 0.333. The summed E-state index contributed by atoms with van der Waals surface area (Å²) < 4.78 is 5.25. The molecule has 0 atom stereocenters. The van der Waals surface area contributed by atoms with Crippen LogP contribution in [0.2, 0.25) is 0 Å². The third kappa shape index (κ3) is 2.58. The lowest BCUT2D eigenvalue weighted by Crippen LogP contribution is -2.40. The minimum absolute atomic E-state index is 0.0147. The molecule has 1 aromatic carbocycles. The number of H-pyrrole nitrogens is 1. The monoisotopic (exact) mass is 271 g/mol. The smallest absolute Gasteiger partial charge is 0.272 e. The maximum absolute atomic E-state index is 12.3. The van der Waals surface area contributed by atoms with Crippen molar-refractivity contribution >= 4 is 5.91 Å². The van der Waals surface area contributed by atoms with E-state index in [9.17, 15) is 4.79 Å². The molecule has 0 saturated carbocycles. The van der Waals surface area contributed by atoms with E-state index in [-0.39, 0.29) is 5.91 Å². The summed E-state index contributed by atoms with van der Waals surface area (Å²) in [5, 5.41) is 7.06. The first-order valence-electron chi connectivity index (χ1n) is 6.73. The number of hydrogen-bond donors (Lipinski definition) is 1. The van der Waals surface area contributed by atoms with Crippen molar-refractivity contribution in [2.45, 2.75) is 6.92 Å². The first kappa shape index (κ1) is 12.9. The number of benzene rings is 1. The zero-order valence-electron chi connectivity index (χ0n) is 11.4. The van der Waals surface area contributed by atoms with Crippen molar-refractivity contribution in [2.75, 3.05) is 26.3 Å². The van der Waals surface area contributed by atoms with Gasteiger partial charge in [-0.2, -0.15) is 5.10 Å². The first-order chi connectivity index (χ1) is 9.74. The van der Waals surface area contributed by atoms with Crippen LogP contribution in [-0.4, -0.2) is 47.3 Å². The molecule has 20 heavy (non-hydrogen) atoms. The van der Waals surface area contributed by atoms with Crippen LogP contribution in [0.25, 0.3) is 11.3 Å². The molecular formula is C15H17N3O2. The maximum atomic E-state index is 12.3. The summed E-state index contributed by atoms with van der Waals surface area (Å²) in [5.41, 5.74) is 3.53. The highest BCUT2D eigenvalue weighted by atomic mass is 16.5. The Morgan fingerprint density at radius 2 is 1.95 bits per heavy atom. The number of rotatable bonds is 2. The second-order valence-electron chi connectivity index (χ2n) is 4.94. The van der Waals surface area contributed by atoms with E-state index in [2.05, 4.69) is 10.2 Å². The van der Waals surface area contributed by atoms with Gasteiger partial charge >= 0.3 is 0 Å². The molecule has 2 aromatic rings. The largest absolute Gasteiger partial charge is 0.378 e. The average molecular weight is 271 g/mol. The van der Waals surface area contributed by atoms with Crippen molar-refractivity contribution in [2.24, 2.45) is 0 Å². The van der Waals surface area contributed by atoms with Crippen LogP contribution in [0.3, 0.4) is 0 Å². The molecule has 5 heteroatoms. The Labute approximate surface area is 117 Å². The summed E-state index contributed by atoms with van der Waals surface area (Å²) in [6, 6.07) is 9.90. The molecule has 1 aromatic heterocycles. The number of morpholine rings is 1. The van der Waals surface area contributed by atoms with Gasteiger partial charge < -0.3 is 9.64 Å². The van der Waals surface area contributed by atoms with Crippen LogP contribution in [0.15, 0.2) is 30.3 Å². The molecule has 1 N–H and O–H groups in total. The van der Waals surface area contributed by atoms with E-state index in [4.69, 9.17) is 4.74 Å². The van der Waals surface area contributed by atoms with Gasteiger partial charge in [-0.15, -0.1) is 0 Å². The number of nitrogens with zero attached hydrogens (tertiary/aromatic N) is 2. The lowest BCUT2D eigenvalue weighted by Gasteiger charge is -2.26. The average Bonchev–Trinajstić information content (AvgIpc) is 2.98. The van der Waals surface area contributed by atoms with Gasteiger partial charge in [0.25, 0.3) is 5.91 Å². The third-order valence-electron chi connectivity index (χ3n) is 3.45. The van der Waals surface area contributed by atoms with E-state index in [1.165, 1.54) is 5.56 Å². The number of carbonyl (C=O) groups is 1. The molecule has 1 aliphatic heterocycles. The van der Waals surface area contributed by atoms with Gasteiger partial charge in [0.15, 0.2) is 0 Å². The molecular weight excluding hydrogens is 254 g/mol. The zero-order chi connectivity index (χ0) is 13.9. The Morgan fingerprint density at radius 3 is 2.65 bits per heavy atom. The molecule has 3 rings (SSSR count). The van der Waals surface area contributed by atoms with Crippen molar-refractivity contribution < 1.29 is 9.53 Å². The van der Waals surface area contributed by atoms with Gasteiger partial charge in [0.1, 0.15) is 5.69 Å². The van der Waals surface area contributed by atoms with Gasteiger partial charge in [-0.25, -0.2) is 0 Å².